The molecule has 2 aromatic rings. The van der Waals surface area contributed by atoms with Gasteiger partial charge in [0.15, 0.2) is 6.61 Å². The smallest absolute Gasteiger partial charge is 0.267 e. The van der Waals surface area contributed by atoms with Crippen LogP contribution in [0.15, 0.2) is 36.5 Å². The van der Waals surface area contributed by atoms with E-state index in [4.69, 9.17) is 0 Å². The number of amides is 1. The molecule has 19 heavy (non-hydrogen) atoms. The van der Waals surface area contributed by atoms with Crippen molar-refractivity contribution in [3.63, 3.8) is 0 Å². The Hall–Kier alpha value is -2.15. The van der Waals surface area contributed by atoms with Gasteiger partial charge >= 0.3 is 6.18 Å². The van der Waals surface area contributed by atoms with E-state index in [9.17, 15) is 18.0 Å². The van der Waals surface area contributed by atoms with Crippen LogP contribution in [0.25, 0.3) is 10.9 Å². The second-order valence-electron chi connectivity index (χ2n) is 3.72. The molecule has 0 unspecified atom stereocenters. The van der Waals surface area contributed by atoms with Crippen LogP contribution in [0.3, 0.4) is 0 Å². The standard InChI is InChI=1S/C12H9F3N2O2/c13-12(14,15)7-19-17-11(18)9-5-1-3-8-4-2-6-16-10(8)9/h1-6H,7H2,(H,17,18). The van der Waals surface area contributed by atoms with Crippen LogP contribution in [-0.4, -0.2) is 23.7 Å². The normalized spacial score (nSPS) is 11.5. The number of aromatic nitrogens is 1. The SMILES string of the molecule is O=C(NOCC(F)(F)F)c1cccc2cccnc12. The van der Waals surface area contributed by atoms with Crippen LogP contribution >= 0.6 is 0 Å². The van der Waals surface area contributed by atoms with Gasteiger partial charge in [0, 0.05) is 11.6 Å². The van der Waals surface area contributed by atoms with Crippen molar-refractivity contribution in [2.75, 3.05) is 6.61 Å². The summed E-state index contributed by atoms with van der Waals surface area (Å²) in [6.45, 7) is -1.54. The van der Waals surface area contributed by atoms with Crippen molar-refractivity contribution in [2.45, 2.75) is 6.18 Å². The van der Waals surface area contributed by atoms with Crippen molar-refractivity contribution in [1.29, 1.82) is 0 Å². The zero-order valence-corrected chi connectivity index (χ0v) is 9.57. The molecule has 0 fully saturated rings. The maximum atomic E-state index is 11.9. The molecule has 1 aromatic heterocycles. The van der Waals surface area contributed by atoms with Crippen molar-refractivity contribution < 1.29 is 22.8 Å². The lowest BCUT2D eigenvalue weighted by Crippen LogP contribution is -2.29. The first-order valence-corrected chi connectivity index (χ1v) is 5.30. The van der Waals surface area contributed by atoms with Crippen LogP contribution in [-0.2, 0) is 4.84 Å². The van der Waals surface area contributed by atoms with Gasteiger partial charge in [0.05, 0.1) is 11.1 Å². The Morgan fingerprint density at radius 2 is 2.00 bits per heavy atom. The average Bonchev–Trinajstić information content (AvgIpc) is 2.36. The number of hydroxylamine groups is 1. The van der Waals surface area contributed by atoms with E-state index >= 15 is 0 Å². The molecule has 7 heteroatoms. The van der Waals surface area contributed by atoms with Gasteiger partial charge in [-0.1, -0.05) is 18.2 Å². The fraction of sp³-hybridized carbons (Fsp3) is 0.167. The van der Waals surface area contributed by atoms with Crippen molar-refractivity contribution in [2.24, 2.45) is 0 Å². The molecule has 0 atom stereocenters. The number of fused-ring (bicyclic) bond motifs is 1. The molecule has 0 saturated carbocycles. The zero-order chi connectivity index (χ0) is 13.9. The molecular weight excluding hydrogens is 261 g/mol. The van der Waals surface area contributed by atoms with E-state index in [0.717, 1.165) is 0 Å². The number of carbonyl (C=O) groups excluding carboxylic acids is 1. The van der Waals surface area contributed by atoms with Crippen LogP contribution in [0.1, 0.15) is 10.4 Å². The predicted molar refractivity (Wildman–Crippen MR) is 61.2 cm³/mol. The Kier molecular flexibility index (Phi) is 3.66. The van der Waals surface area contributed by atoms with E-state index in [-0.39, 0.29) is 5.56 Å². The molecule has 2 rings (SSSR count). The minimum Gasteiger partial charge on any atom is -0.267 e. The molecule has 0 aliphatic carbocycles. The van der Waals surface area contributed by atoms with Gasteiger partial charge in [0.1, 0.15) is 0 Å². The van der Waals surface area contributed by atoms with Crippen LogP contribution < -0.4 is 5.48 Å². The van der Waals surface area contributed by atoms with E-state index in [1.807, 2.05) is 0 Å². The molecule has 0 bridgehead atoms. The van der Waals surface area contributed by atoms with E-state index in [0.29, 0.717) is 10.9 Å². The molecule has 0 spiro atoms. The number of alkyl halides is 3. The summed E-state index contributed by atoms with van der Waals surface area (Å²) in [4.78, 5) is 19.8. The highest BCUT2D eigenvalue weighted by Gasteiger charge is 2.28. The highest BCUT2D eigenvalue weighted by Crippen LogP contribution is 2.16. The molecule has 1 N–H and O–H groups in total. The third-order valence-corrected chi connectivity index (χ3v) is 2.28. The fourth-order valence-electron chi connectivity index (χ4n) is 1.53. The predicted octanol–water partition coefficient (Wildman–Crippen LogP) is 2.46. The zero-order valence-electron chi connectivity index (χ0n) is 9.57. The highest BCUT2D eigenvalue weighted by molar-refractivity contribution is 6.04. The molecule has 0 saturated heterocycles. The topological polar surface area (TPSA) is 51.2 Å². The van der Waals surface area contributed by atoms with Gasteiger partial charge in [-0.3, -0.25) is 14.6 Å². The monoisotopic (exact) mass is 270 g/mol. The average molecular weight is 270 g/mol. The number of halogens is 3. The van der Waals surface area contributed by atoms with Crippen molar-refractivity contribution >= 4 is 16.8 Å². The first-order chi connectivity index (χ1) is 8.97. The van der Waals surface area contributed by atoms with Crippen molar-refractivity contribution in [1.82, 2.24) is 10.5 Å². The molecule has 100 valence electrons. The minimum absolute atomic E-state index is 0.153. The van der Waals surface area contributed by atoms with E-state index < -0.39 is 18.7 Å². The van der Waals surface area contributed by atoms with Crippen LogP contribution in [0.2, 0.25) is 0 Å². The Bertz CT molecular complexity index is 594. The van der Waals surface area contributed by atoms with Gasteiger partial charge in [-0.25, -0.2) is 5.48 Å². The van der Waals surface area contributed by atoms with E-state index in [2.05, 4.69) is 9.82 Å². The Balaban J connectivity index is 2.14. The lowest BCUT2D eigenvalue weighted by atomic mass is 10.1. The fourth-order valence-corrected chi connectivity index (χ4v) is 1.53. The number of nitrogens with zero attached hydrogens (tertiary/aromatic N) is 1. The summed E-state index contributed by atoms with van der Waals surface area (Å²) in [6, 6.07) is 8.26. The number of para-hydroxylation sites is 1. The number of carbonyl (C=O) groups is 1. The highest BCUT2D eigenvalue weighted by atomic mass is 19.4. The molecule has 0 radical (unpaired) electrons. The van der Waals surface area contributed by atoms with E-state index in [1.54, 1.807) is 29.7 Å². The molecule has 0 aliphatic heterocycles. The van der Waals surface area contributed by atoms with Crippen LogP contribution in [0.5, 0.6) is 0 Å². The Morgan fingerprint density at radius 3 is 2.74 bits per heavy atom. The van der Waals surface area contributed by atoms with E-state index in [1.165, 1.54) is 12.3 Å². The number of nitrogens with one attached hydrogen (secondary N) is 1. The number of hydrogen-bond acceptors (Lipinski definition) is 3. The van der Waals surface area contributed by atoms with Crippen molar-refractivity contribution in [3.8, 4) is 0 Å². The van der Waals surface area contributed by atoms with Gasteiger partial charge in [0.2, 0.25) is 0 Å². The minimum atomic E-state index is -4.50. The molecule has 1 aromatic carbocycles. The number of rotatable bonds is 3. The van der Waals surface area contributed by atoms with Gasteiger partial charge in [-0.2, -0.15) is 13.2 Å². The third-order valence-electron chi connectivity index (χ3n) is 2.28. The quantitative estimate of drug-likeness (QED) is 0.872. The lowest BCUT2D eigenvalue weighted by Gasteiger charge is -2.09. The Morgan fingerprint density at radius 1 is 1.26 bits per heavy atom. The number of pyridine rings is 1. The maximum Gasteiger partial charge on any atom is 0.414 e. The largest absolute Gasteiger partial charge is 0.414 e. The summed E-state index contributed by atoms with van der Waals surface area (Å²) in [7, 11) is 0. The van der Waals surface area contributed by atoms with Gasteiger partial charge < -0.3 is 0 Å². The van der Waals surface area contributed by atoms with Gasteiger partial charge in [-0.05, 0) is 12.1 Å². The second-order valence-corrected chi connectivity index (χ2v) is 3.72. The summed E-state index contributed by atoms with van der Waals surface area (Å²) in [5.74, 6) is -0.770. The first-order valence-electron chi connectivity index (χ1n) is 5.30. The molecule has 4 nitrogen and oxygen atoms in total. The molecule has 0 aliphatic rings. The molecule has 1 amide bonds. The molecule has 1 heterocycles. The number of benzene rings is 1. The summed E-state index contributed by atoms with van der Waals surface area (Å²) < 4.78 is 35.6. The summed E-state index contributed by atoms with van der Waals surface area (Å²) in [6.07, 6.45) is -3.00. The van der Waals surface area contributed by atoms with Gasteiger partial charge in [-0.15, -0.1) is 0 Å². The van der Waals surface area contributed by atoms with Crippen molar-refractivity contribution in [3.05, 3.63) is 42.1 Å². The number of hydrogen-bond donors (Lipinski definition) is 1. The summed E-state index contributed by atoms with van der Waals surface area (Å²) >= 11 is 0. The van der Waals surface area contributed by atoms with Gasteiger partial charge in [0.25, 0.3) is 5.91 Å². The second kappa shape index (κ2) is 5.23. The maximum absolute atomic E-state index is 11.9. The van der Waals surface area contributed by atoms with Crippen LogP contribution in [0, 0.1) is 0 Å². The molecular formula is C12H9F3N2O2. The first kappa shape index (κ1) is 13.3. The van der Waals surface area contributed by atoms with Crippen LogP contribution in [0.4, 0.5) is 13.2 Å². The third kappa shape index (κ3) is 3.41. The summed E-state index contributed by atoms with van der Waals surface area (Å²) in [5, 5.41) is 0.714. The Labute approximate surface area is 106 Å². The lowest BCUT2D eigenvalue weighted by molar-refractivity contribution is -0.184. The summed E-state index contributed by atoms with van der Waals surface area (Å²) in [5.41, 5.74) is 2.30.